The molecule has 2 amide bonds. The Morgan fingerprint density at radius 1 is 0.708 bits per heavy atom. The zero-order valence-corrected chi connectivity index (χ0v) is 12.9. The van der Waals surface area contributed by atoms with Crippen LogP contribution < -0.4 is 0 Å². The largest absolute Gasteiger partial charge is 0.387 e. The second-order valence-corrected chi connectivity index (χ2v) is 5.76. The number of allylic oxidation sites excluding steroid dienone is 3. The van der Waals surface area contributed by atoms with Gasteiger partial charge in [0.15, 0.2) is 5.84 Å². The number of azo groups is 1. The van der Waals surface area contributed by atoms with Gasteiger partial charge in [-0.15, -0.1) is 5.11 Å². The molecule has 2 aliphatic rings. The minimum atomic E-state index is -0.522. The van der Waals surface area contributed by atoms with E-state index in [1.807, 2.05) is 36.4 Å². The van der Waals surface area contributed by atoms with Gasteiger partial charge in [-0.2, -0.15) is 4.99 Å². The van der Waals surface area contributed by atoms with Crippen LogP contribution in [0.4, 0.5) is 4.79 Å². The standard InChI is InChI=1S/C20H15N3O/c24-20-21-19(22-23-20)18-9-5-4-8-17(18)16-12-10-15(11-13-16)14-6-2-1-3-7-14/h1-13,17-18H. The van der Waals surface area contributed by atoms with E-state index in [-0.39, 0.29) is 11.8 Å². The summed E-state index contributed by atoms with van der Waals surface area (Å²) in [7, 11) is 0. The van der Waals surface area contributed by atoms with Crippen LogP contribution in [0.5, 0.6) is 0 Å². The van der Waals surface area contributed by atoms with Gasteiger partial charge in [-0.1, -0.05) is 84.0 Å². The highest BCUT2D eigenvalue weighted by Crippen LogP contribution is 2.33. The summed E-state index contributed by atoms with van der Waals surface area (Å²) in [6.07, 6.45) is 8.11. The van der Waals surface area contributed by atoms with Crippen molar-refractivity contribution in [2.45, 2.75) is 5.92 Å². The number of carbonyl (C=O) groups excluding carboxylic acids is 1. The van der Waals surface area contributed by atoms with E-state index in [1.165, 1.54) is 11.1 Å². The normalized spacial score (nSPS) is 22.0. The molecule has 0 fully saturated rings. The van der Waals surface area contributed by atoms with Gasteiger partial charge in [0.05, 0.1) is 0 Å². The number of nitrogens with zero attached hydrogens (tertiary/aromatic N) is 3. The average Bonchev–Trinajstić information content (AvgIpc) is 3.09. The smallest absolute Gasteiger partial charge is 0.242 e. The van der Waals surface area contributed by atoms with Gasteiger partial charge in [0.2, 0.25) is 0 Å². The molecule has 116 valence electrons. The monoisotopic (exact) mass is 313 g/mol. The number of carbonyl (C=O) groups is 1. The van der Waals surface area contributed by atoms with E-state index >= 15 is 0 Å². The lowest BCUT2D eigenvalue weighted by Gasteiger charge is -2.23. The number of amides is 2. The van der Waals surface area contributed by atoms with Gasteiger partial charge in [0.25, 0.3) is 0 Å². The summed E-state index contributed by atoms with van der Waals surface area (Å²) in [5.74, 6) is 0.522. The summed E-state index contributed by atoms with van der Waals surface area (Å²) >= 11 is 0. The van der Waals surface area contributed by atoms with Crippen molar-refractivity contribution in [3.8, 4) is 11.1 Å². The number of hydrogen-bond donors (Lipinski definition) is 0. The topological polar surface area (TPSA) is 54.1 Å². The van der Waals surface area contributed by atoms with Gasteiger partial charge in [-0.3, -0.25) is 0 Å². The van der Waals surface area contributed by atoms with Crippen LogP contribution in [0.3, 0.4) is 0 Å². The summed E-state index contributed by atoms with van der Waals surface area (Å²) in [4.78, 5) is 15.2. The third-order valence-electron chi connectivity index (χ3n) is 4.28. The molecule has 2 atom stereocenters. The number of urea groups is 1. The van der Waals surface area contributed by atoms with E-state index in [0.29, 0.717) is 5.84 Å². The van der Waals surface area contributed by atoms with Crippen molar-refractivity contribution in [1.29, 1.82) is 0 Å². The Balaban J connectivity index is 1.64. The molecule has 1 aliphatic heterocycles. The van der Waals surface area contributed by atoms with E-state index < -0.39 is 6.03 Å². The van der Waals surface area contributed by atoms with Crippen LogP contribution in [-0.4, -0.2) is 11.9 Å². The molecule has 24 heavy (non-hydrogen) atoms. The fourth-order valence-electron chi connectivity index (χ4n) is 3.08. The summed E-state index contributed by atoms with van der Waals surface area (Å²) in [6.45, 7) is 0. The zero-order chi connectivity index (χ0) is 16.4. The van der Waals surface area contributed by atoms with Crippen LogP contribution in [0.1, 0.15) is 11.5 Å². The first-order chi connectivity index (χ1) is 11.8. The van der Waals surface area contributed by atoms with Crippen molar-refractivity contribution in [2.75, 3.05) is 0 Å². The molecular weight excluding hydrogens is 298 g/mol. The minimum absolute atomic E-state index is 0.0622. The Bertz CT molecular complexity index is 877. The molecular formula is C20H15N3O. The maximum atomic E-state index is 11.3. The number of rotatable bonds is 3. The van der Waals surface area contributed by atoms with Crippen molar-refractivity contribution in [3.63, 3.8) is 0 Å². The zero-order valence-electron chi connectivity index (χ0n) is 12.9. The highest BCUT2D eigenvalue weighted by Gasteiger charge is 2.28. The molecule has 2 unspecified atom stereocenters. The average molecular weight is 313 g/mol. The first-order valence-electron chi connectivity index (χ1n) is 7.86. The molecule has 4 rings (SSSR count). The maximum Gasteiger partial charge on any atom is 0.387 e. The first kappa shape index (κ1) is 14.5. The number of amidine groups is 1. The molecule has 0 radical (unpaired) electrons. The first-order valence-corrected chi connectivity index (χ1v) is 7.86. The molecule has 0 saturated carbocycles. The Labute approximate surface area is 140 Å². The van der Waals surface area contributed by atoms with Gasteiger partial charge in [0.1, 0.15) is 0 Å². The quantitative estimate of drug-likeness (QED) is 0.771. The Morgan fingerprint density at radius 3 is 2.04 bits per heavy atom. The summed E-state index contributed by atoms with van der Waals surface area (Å²) in [5, 5.41) is 7.42. The van der Waals surface area contributed by atoms with E-state index in [1.54, 1.807) is 0 Å². The van der Waals surface area contributed by atoms with Crippen LogP contribution >= 0.6 is 0 Å². The fraction of sp³-hybridized carbons (Fsp3) is 0.100. The van der Waals surface area contributed by atoms with Crippen LogP contribution in [-0.2, 0) is 0 Å². The van der Waals surface area contributed by atoms with Crippen molar-refractivity contribution < 1.29 is 4.79 Å². The minimum Gasteiger partial charge on any atom is -0.242 e. The second kappa shape index (κ2) is 6.16. The van der Waals surface area contributed by atoms with Crippen LogP contribution in [0, 0.1) is 5.92 Å². The Kier molecular flexibility index (Phi) is 3.71. The van der Waals surface area contributed by atoms with E-state index in [9.17, 15) is 4.79 Å². The summed E-state index contributed by atoms with van der Waals surface area (Å²) < 4.78 is 0. The van der Waals surface area contributed by atoms with Crippen LogP contribution in [0.15, 0.2) is 94.1 Å². The number of benzene rings is 2. The van der Waals surface area contributed by atoms with Crippen molar-refractivity contribution >= 4 is 11.9 Å². The van der Waals surface area contributed by atoms with Gasteiger partial charge in [-0.25, -0.2) is 4.79 Å². The molecule has 0 bridgehead atoms. The van der Waals surface area contributed by atoms with Crippen molar-refractivity contribution in [2.24, 2.45) is 21.1 Å². The van der Waals surface area contributed by atoms with E-state index in [4.69, 9.17) is 0 Å². The van der Waals surface area contributed by atoms with E-state index in [2.05, 4.69) is 57.7 Å². The Morgan fingerprint density at radius 2 is 1.38 bits per heavy atom. The molecule has 4 nitrogen and oxygen atoms in total. The lowest BCUT2D eigenvalue weighted by molar-refractivity contribution is 0.257. The third kappa shape index (κ3) is 2.74. The third-order valence-corrected chi connectivity index (χ3v) is 4.28. The summed E-state index contributed by atoms with van der Waals surface area (Å²) in [5.41, 5.74) is 3.54. The second-order valence-electron chi connectivity index (χ2n) is 5.76. The molecule has 2 aromatic rings. The van der Waals surface area contributed by atoms with Crippen molar-refractivity contribution in [3.05, 3.63) is 84.5 Å². The molecule has 4 heteroatoms. The van der Waals surface area contributed by atoms with Gasteiger partial charge in [0, 0.05) is 11.8 Å². The number of aliphatic imine (C=N–C) groups is 1. The molecule has 1 aliphatic carbocycles. The molecule has 2 aromatic carbocycles. The lowest BCUT2D eigenvalue weighted by Crippen LogP contribution is -2.18. The lowest BCUT2D eigenvalue weighted by atomic mass is 9.82. The SMILES string of the molecule is O=C1N=NC(C2C=CC=CC2c2ccc(-c3ccccc3)cc2)=N1. The molecule has 0 N–H and O–H groups in total. The van der Waals surface area contributed by atoms with E-state index in [0.717, 1.165) is 5.56 Å². The van der Waals surface area contributed by atoms with Gasteiger partial charge >= 0.3 is 6.03 Å². The molecule has 1 heterocycles. The fourth-order valence-corrected chi connectivity index (χ4v) is 3.08. The van der Waals surface area contributed by atoms with Crippen LogP contribution in [0.2, 0.25) is 0 Å². The van der Waals surface area contributed by atoms with Crippen molar-refractivity contribution in [1.82, 2.24) is 0 Å². The summed E-state index contributed by atoms with van der Waals surface area (Å²) in [6, 6.07) is 18.2. The van der Waals surface area contributed by atoms with Crippen LogP contribution in [0.25, 0.3) is 11.1 Å². The molecule has 0 aromatic heterocycles. The number of hydrogen-bond acceptors (Lipinski definition) is 2. The predicted octanol–water partition coefficient (Wildman–Crippen LogP) is 5.16. The van der Waals surface area contributed by atoms with Gasteiger partial charge in [-0.05, 0) is 16.7 Å². The Hall–Kier alpha value is -3.14. The predicted molar refractivity (Wildman–Crippen MR) is 94.1 cm³/mol. The maximum absolute atomic E-state index is 11.3. The highest BCUT2D eigenvalue weighted by molar-refractivity contribution is 6.01. The molecule has 0 spiro atoms. The highest BCUT2D eigenvalue weighted by atomic mass is 16.2. The molecule has 0 saturated heterocycles. The van der Waals surface area contributed by atoms with Gasteiger partial charge < -0.3 is 0 Å².